The average Bonchev–Trinajstić information content (AvgIpc) is 3.00. The highest BCUT2D eigenvalue weighted by Crippen LogP contribution is 2.28. The molecule has 0 aliphatic heterocycles. The molecule has 1 aromatic rings. The third-order valence-electron chi connectivity index (χ3n) is 3.84. The zero-order valence-electron chi connectivity index (χ0n) is 13.5. The highest BCUT2D eigenvalue weighted by atomic mass is 127. The minimum Gasteiger partial charge on any atom is -0.469 e. The van der Waals surface area contributed by atoms with Crippen LogP contribution in [0.1, 0.15) is 38.4 Å². The monoisotopic (exact) mass is 437 g/mol. The highest BCUT2D eigenvalue weighted by molar-refractivity contribution is 14.0. The van der Waals surface area contributed by atoms with E-state index in [1.54, 1.807) is 6.26 Å². The van der Waals surface area contributed by atoms with E-state index < -0.39 is 0 Å². The average molecular weight is 437 g/mol. The molecule has 2 atom stereocenters. The Bertz CT molecular complexity index is 423. The van der Waals surface area contributed by atoms with E-state index in [1.165, 1.54) is 31.4 Å². The van der Waals surface area contributed by atoms with Crippen molar-refractivity contribution in [3.8, 4) is 0 Å². The SMILES string of the molecule is CCSC1CCCC(NC(=NC)NCCc2ccco2)C1.I. The van der Waals surface area contributed by atoms with Gasteiger partial charge in [0, 0.05) is 31.3 Å². The first-order valence-corrected chi connectivity index (χ1v) is 8.98. The lowest BCUT2D eigenvalue weighted by atomic mass is 9.95. The van der Waals surface area contributed by atoms with Crippen LogP contribution in [0, 0.1) is 0 Å². The number of halogens is 1. The summed E-state index contributed by atoms with van der Waals surface area (Å²) >= 11 is 2.09. The summed E-state index contributed by atoms with van der Waals surface area (Å²) in [7, 11) is 1.84. The first-order valence-electron chi connectivity index (χ1n) is 7.93. The fourth-order valence-electron chi connectivity index (χ4n) is 2.81. The summed E-state index contributed by atoms with van der Waals surface area (Å²) in [6, 6.07) is 4.49. The van der Waals surface area contributed by atoms with Gasteiger partial charge in [0.25, 0.3) is 0 Å². The first-order chi connectivity index (χ1) is 10.3. The number of hydrogen-bond acceptors (Lipinski definition) is 3. The Balaban J connectivity index is 0.00000242. The van der Waals surface area contributed by atoms with Crippen LogP contribution in [-0.4, -0.2) is 36.6 Å². The van der Waals surface area contributed by atoms with E-state index in [2.05, 4.69) is 34.3 Å². The lowest BCUT2D eigenvalue weighted by Crippen LogP contribution is -2.46. The number of aliphatic imine (C=N–C) groups is 1. The Kier molecular flexibility index (Phi) is 10.0. The van der Waals surface area contributed by atoms with Gasteiger partial charge < -0.3 is 15.1 Å². The summed E-state index contributed by atoms with van der Waals surface area (Å²) < 4.78 is 5.34. The molecular formula is C16H28IN3OS. The van der Waals surface area contributed by atoms with Crippen LogP contribution in [-0.2, 0) is 6.42 Å². The number of thioether (sulfide) groups is 1. The number of hydrogen-bond donors (Lipinski definition) is 2. The molecule has 1 aromatic heterocycles. The molecule has 2 rings (SSSR count). The molecule has 126 valence electrons. The van der Waals surface area contributed by atoms with Crippen molar-refractivity contribution in [2.75, 3.05) is 19.3 Å². The molecule has 2 N–H and O–H groups in total. The van der Waals surface area contributed by atoms with E-state index >= 15 is 0 Å². The summed E-state index contributed by atoms with van der Waals surface area (Å²) in [5, 5.41) is 7.75. The third kappa shape index (κ3) is 6.81. The Morgan fingerprint density at radius 3 is 3.00 bits per heavy atom. The lowest BCUT2D eigenvalue weighted by Gasteiger charge is -2.30. The lowest BCUT2D eigenvalue weighted by molar-refractivity contribution is 0.418. The molecule has 22 heavy (non-hydrogen) atoms. The van der Waals surface area contributed by atoms with Gasteiger partial charge in [-0.3, -0.25) is 4.99 Å². The maximum atomic E-state index is 5.34. The van der Waals surface area contributed by atoms with Gasteiger partial charge in [-0.15, -0.1) is 24.0 Å². The predicted octanol–water partition coefficient (Wildman–Crippen LogP) is 3.67. The molecule has 1 aliphatic rings. The van der Waals surface area contributed by atoms with Crippen LogP contribution in [0.2, 0.25) is 0 Å². The second-order valence-electron chi connectivity index (χ2n) is 5.41. The first kappa shape index (κ1) is 19.7. The van der Waals surface area contributed by atoms with Crippen molar-refractivity contribution in [1.29, 1.82) is 0 Å². The van der Waals surface area contributed by atoms with Crippen LogP contribution in [0.15, 0.2) is 27.8 Å². The Labute approximate surface area is 155 Å². The van der Waals surface area contributed by atoms with Crippen molar-refractivity contribution in [2.45, 2.75) is 50.3 Å². The topological polar surface area (TPSA) is 49.6 Å². The fourth-order valence-corrected chi connectivity index (χ4v) is 3.98. The third-order valence-corrected chi connectivity index (χ3v) is 5.07. The summed E-state index contributed by atoms with van der Waals surface area (Å²) in [6.45, 7) is 3.09. The van der Waals surface area contributed by atoms with Gasteiger partial charge in [0.15, 0.2) is 5.96 Å². The van der Waals surface area contributed by atoms with Crippen LogP contribution in [0.5, 0.6) is 0 Å². The van der Waals surface area contributed by atoms with Crippen molar-refractivity contribution in [3.05, 3.63) is 24.2 Å². The van der Waals surface area contributed by atoms with Gasteiger partial charge in [-0.2, -0.15) is 11.8 Å². The van der Waals surface area contributed by atoms with Crippen molar-refractivity contribution < 1.29 is 4.42 Å². The standard InChI is InChI=1S/C16H27N3OS.HI/c1-3-21-15-8-4-6-13(12-15)19-16(17-2)18-10-9-14-7-5-11-20-14;/h5,7,11,13,15H,3-4,6,8-10,12H2,1-2H3,(H2,17,18,19);1H. The summed E-state index contributed by atoms with van der Waals surface area (Å²) in [4.78, 5) is 4.33. The molecule has 0 spiro atoms. The largest absolute Gasteiger partial charge is 0.469 e. The number of nitrogens with one attached hydrogen (secondary N) is 2. The highest BCUT2D eigenvalue weighted by Gasteiger charge is 2.22. The smallest absolute Gasteiger partial charge is 0.191 e. The van der Waals surface area contributed by atoms with Crippen LogP contribution in [0.3, 0.4) is 0 Å². The van der Waals surface area contributed by atoms with E-state index in [0.717, 1.165) is 29.9 Å². The van der Waals surface area contributed by atoms with E-state index in [4.69, 9.17) is 4.42 Å². The zero-order valence-corrected chi connectivity index (χ0v) is 16.7. The van der Waals surface area contributed by atoms with Crippen molar-refractivity contribution in [3.63, 3.8) is 0 Å². The number of guanidine groups is 1. The fraction of sp³-hybridized carbons (Fsp3) is 0.688. The Morgan fingerprint density at radius 2 is 2.32 bits per heavy atom. The summed E-state index contributed by atoms with van der Waals surface area (Å²) in [6.07, 6.45) is 7.78. The molecule has 0 saturated heterocycles. The summed E-state index contributed by atoms with van der Waals surface area (Å²) in [5.74, 6) is 3.14. The van der Waals surface area contributed by atoms with Crippen LogP contribution >= 0.6 is 35.7 Å². The van der Waals surface area contributed by atoms with Crippen molar-refractivity contribution in [1.82, 2.24) is 10.6 Å². The molecule has 4 nitrogen and oxygen atoms in total. The second-order valence-corrected chi connectivity index (χ2v) is 6.99. The van der Waals surface area contributed by atoms with E-state index in [1.807, 2.05) is 19.2 Å². The van der Waals surface area contributed by atoms with Crippen LogP contribution in [0.25, 0.3) is 0 Å². The number of furan rings is 1. The molecule has 1 saturated carbocycles. The van der Waals surface area contributed by atoms with Crippen LogP contribution in [0.4, 0.5) is 0 Å². The predicted molar refractivity (Wildman–Crippen MR) is 107 cm³/mol. The maximum Gasteiger partial charge on any atom is 0.191 e. The quantitative estimate of drug-likeness (QED) is 0.405. The minimum atomic E-state index is 0. The molecule has 1 aliphatic carbocycles. The number of nitrogens with zero attached hydrogens (tertiary/aromatic N) is 1. The molecule has 1 fully saturated rings. The van der Waals surface area contributed by atoms with Gasteiger partial charge in [-0.05, 0) is 37.1 Å². The van der Waals surface area contributed by atoms with Gasteiger partial charge in [-0.1, -0.05) is 13.3 Å². The minimum absolute atomic E-state index is 0. The van der Waals surface area contributed by atoms with E-state index in [-0.39, 0.29) is 24.0 Å². The molecule has 0 amide bonds. The molecule has 2 unspecified atom stereocenters. The molecular weight excluding hydrogens is 409 g/mol. The number of rotatable bonds is 6. The Hall–Kier alpha value is -0.370. The van der Waals surface area contributed by atoms with Gasteiger partial charge in [0.05, 0.1) is 6.26 Å². The molecule has 6 heteroatoms. The van der Waals surface area contributed by atoms with Crippen LogP contribution < -0.4 is 10.6 Å². The molecule has 1 heterocycles. The summed E-state index contributed by atoms with van der Waals surface area (Å²) in [5.41, 5.74) is 0. The molecule has 0 radical (unpaired) electrons. The van der Waals surface area contributed by atoms with Gasteiger partial charge >= 0.3 is 0 Å². The van der Waals surface area contributed by atoms with Gasteiger partial charge in [0.2, 0.25) is 0 Å². The Morgan fingerprint density at radius 1 is 1.45 bits per heavy atom. The normalized spacial score (nSPS) is 22.0. The second kappa shape index (κ2) is 11.2. The maximum absolute atomic E-state index is 5.34. The van der Waals surface area contributed by atoms with E-state index in [9.17, 15) is 0 Å². The van der Waals surface area contributed by atoms with Gasteiger partial charge in [0.1, 0.15) is 5.76 Å². The molecule has 0 bridgehead atoms. The van der Waals surface area contributed by atoms with Crippen molar-refractivity contribution in [2.24, 2.45) is 4.99 Å². The van der Waals surface area contributed by atoms with Crippen molar-refractivity contribution >= 4 is 41.7 Å². The zero-order chi connectivity index (χ0) is 14.9. The van der Waals surface area contributed by atoms with E-state index in [0.29, 0.717) is 6.04 Å². The van der Waals surface area contributed by atoms with Gasteiger partial charge in [-0.25, -0.2) is 0 Å². The molecule has 0 aromatic carbocycles.